The van der Waals surface area contributed by atoms with Crippen molar-refractivity contribution < 1.29 is 4.79 Å². The lowest BCUT2D eigenvalue weighted by Gasteiger charge is -2.27. The highest BCUT2D eigenvalue weighted by atomic mass is 79.9. The molecule has 19 heavy (non-hydrogen) atoms. The van der Waals surface area contributed by atoms with Gasteiger partial charge in [0.05, 0.1) is 0 Å². The lowest BCUT2D eigenvalue weighted by molar-refractivity contribution is 0.0949. The van der Waals surface area contributed by atoms with E-state index < -0.39 is 0 Å². The molecule has 0 heterocycles. The zero-order valence-electron chi connectivity index (χ0n) is 12.3. The zero-order chi connectivity index (χ0) is 14.4. The highest BCUT2D eigenvalue weighted by Gasteiger charge is 2.15. The first-order valence-corrected chi connectivity index (χ1v) is 7.73. The van der Waals surface area contributed by atoms with E-state index in [9.17, 15) is 4.79 Å². The van der Waals surface area contributed by atoms with Gasteiger partial charge in [-0.15, -0.1) is 0 Å². The minimum atomic E-state index is 0.210. The highest BCUT2D eigenvalue weighted by molar-refractivity contribution is 9.10. The predicted molar refractivity (Wildman–Crippen MR) is 84.6 cm³/mol. The molecule has 0 amide bonds. The van der Waals surface area contributed by atoms with Crippen molar-refractivity contribution in [2.75, 3.05) is 13.1 Å². The molecule has 106 valence electrons. The molecule has 1 rings (SSSR count). The van der Waals surface area contributed by atoms with Crippen LogP contribution in [-0.2, 0) is 0 Å². The van der Waals surface area contributed by atoms with E-state index in [2.05, 4.69) is 48.5 Å². The van der Waals surface area contributed by atoms with Crippen LogP contribution in [0.4, 0.5) is 0 Å². The van der Waals surface area contributed by atoms with E-state index in [4.69, 9.17) is 0 Å². The van der Waals surface area contributed by atoms with Crippen LogP contribution in [0.15, 0.2) is 28.7 Å². The van der Waals surface area contributed by atoms with Crippen molar-refractivity contribution >= 4 is 21.7 Å². The van der Waals surface area contributed by atoms with Gasteiger partial charge in [0.25, 0.3) is 0 Å². The Balaban J connectivity index is 2.60. The number of Topliss-reactive ketones (excluding diaryl/α,β-unsaturated/α-hetero) is 1. The third kappa shape index (κ3) is 5.45. The SMILES string of the molecule is CC(C)CN(CCC(=O)c1ccccc1Br)C(C)C. The van der Waals surface area contributed by atoms with E-state index in [1.165, 1.54) is 0 Å². The summed E-state index contributed by atoms with van der Waals surface area (Å²) in [6, 6.07) is 8.12. The zero-order valence-corrected chi connectivity index (χ0v) is 13.9. The van der Waals surface area contributed by atoms with Crippen LogP contribution in [0.25, 0.3) is 0 Å². The van der Waals surface area contributed by atoms with Crippen LogP contribution in [0.1, 0.15) is 44.5 Å². The second-order valence-corrected chi connectivity index (χ2v) is 6.49. The van der Waals surface area contributed by atoms with Gasteiger partial charge in [0, 0.05) is 35.6 Å². The topological polar surface area (TPSA) is 20.3 Å². The number of carbonyl (C=O) groups excluding carboxylic acids is 1. The van der Waals surface area contributed by atoms with E-state index in [1.807, 2.05) is 24.3 Å². The Kier molecular flexibility index (Phi) is 6.73. The van der Waals surface area contributed by atoms with Gasteiger partial charge in [-0.25, -0.2) is 0 Å². The maximum Gasteiger partial charge on any atom is 0.165 e. The quantitative estimate of drug-likeness (QED) is 0.693. The lowest BCUT2D eigenvalue weighted by Crippen LogP contribution is -2.35. The van der Waals surface area contributed by atoms with Gasteiger partial charge in [-0.1, -0.05) is 48.0 Å². The Labute approximate surface area is 125 Å². The van der Waals surface area contributed by atoms with Gasteiger partial charge in [-0.3, -0.25) is 4.79 Å². The largest absolute Gasteiger partial charge is 0.300 e. The van der Waals surface area contributed by atoms with E-state index in [-0.39, 0.29) is 5.78 Å². The molecular formula is C16H24BrNO. The highest BCUT2D eigenvalue weighted by Crippen LogP contribution is 2.18. The van der Waals surface area contributed by atoms with Crippen molar-refractivity contribution in [3.63, 3.8) is 0 Å². The molecule has 3 heteroatoms. The number of hydrogen-bond acceptors (Lipinski definition) is 2. The van der Waals surface area contributed by atoms with Crippen LogP contribution in [0.5, 0.6) is 0 Å². The van der Waals surface area contributed by atoms with E-state index in [0.717, 1.165) is 23.1 Å². The molecule has 0 aliphatic carbocycles. The fraction of sp³-hybridized carbons (Fsp3) is 0.562. The molecular weight excluding hydrogens is 302 g/mol. The van der Waals surface area contributed by atoms with Crippen molar-refractivity contribution in [3.05, 3.63) is 34.3 Å². The fourth-order valence-electron chi connectivity index (χ4n) is 2.10. The van der Waals surface area contributed by atoms with E-state index >= 15 is 0 Å². The molecule has 1 aromatic carbocycles. The Hall–Kier alpha value is -0.670. The number of halogens is 1. The molecule has 0 N–H and O–H groups in total. The number of carbonyl (C=O) groups is 1. The molecule has 0 bridgehead atoms. The van der Waals surface area contributed by atoms with Crippen molar-refractivity contribution in [1.82, 2.24) is 4.90 Å². The molecule has 0 fully saturated rings. The molecule has 0 aliphatic rings. The smallest absolute Gasteiger partial charge is 0.165 e. The van der Waals surface area contributed by atoms with Crippen LogP contribution in [0.2, 0.25) is 0 Å². The predicted octanol–water partition coefficient (Wildman–Crippen LogP) is 4.39. The first-order valence-electron chi connectivity index (χ1n) is 6.93. The Morgan fingerprint density at radius 1 is 1.21 bits per heavy atom. The summed E-state index contributed by atoms with van der Waals surface area (Å²) in [5.74, 6) is 0.836. The number of nitrogens with zero attached hydrogens (tertiary/aromatic N) is 1. The van der Waals surface area contributed by atoms with Crippen LogP contribution in [-0.4, -0.2) is 29.8 Å². The van der Waals surface area contributed by atoms with Gasteiger partial charge in [0.15, 0.2) is 5.78 Å². The third-order valence-electron chi connectivity index (χ3n) is 3.13. The number of hydrogen-bond donors (Lipinski definition) is 0. The normalized spacial score (nSPS) is 11.6. The monoisotopic (exact) mass is 325 g/mol. The average molecular weight is 326 g/mol. The molecule has 0 aliphatic heterocycles. The Morgan fingerprint density at radius 3 is 2.37 bits per heavy atom. The number of ketones is 1. The summed E-state index contributed by atoms with van der Waals surface area (Å²) >= 11 is 3.44. The first-order chi connectivity index (χ1) is 8.91. The minimum Gasteiger partial charge on any atom is -0.300 e. The summed E-state index contributed by atoms with van der Waals surface area (Å²) in [6.07, 6.45) is 0.577. The van der Waals surface area contributed by atoms with E-state index in [0.29, 0.717) is 18.4 Å². The number of rotatable bonds is 7. The van der Waals surface area contributed by atoms with Crippen LogP contribution < -0.4 is 0 Å². The van der Waals surface area contributed by atoms with Gasteiger partial charge < -0.3 is 4.90 Å². The number of benzene rings is 1. The van der Waals surface area contributed by atoms with Crippen molar-refractivity contribution in [2.24, 2.45) is 5.92 Å². The second kappa shape index (κ2) is 7.81. The van der Waals surface area contributed by atoms with E-state index in [1.54, 1.807) is 0 Å². The summed E-state index contributed by atoms with van der Waals surface area (Å²) in [4.78, 5) is 14.6. The molecule has 0 saturated carbocycles. The molecule has 0 saturated heterocycles. The summed E-state index contributed by atoms with van der Waals surface area (Å²) in [5, 5.41) is 0. The summed E-state index contributed by atoms with van der Waals surface area (Å²) in [7, 11) is 0. The third-order valence-corrected chi connectivity index (χ3v) is 3.82. The minimum absolute atomic E-state index is 0.210. The Morgan fingerprint density at radius 2 is 1.84 bits per heavy atom. The lowest BCUT2D eigenvalue weighted by atomic mass is 10.1. The molecule has 1 aromatic rings. The fourth-order valence-corrected chi connectivity index (χ4v) is 2.60. The van der Waals surface area contributed by atoms with Gasteiger partial charge in [-0.2, -0.15) is 0 Å². The van der Waals surface area contributed by atoms with Crippen LogP contribution in [0, 0.1) is 5.92 Å². The van der Waals surface area contributed by atoms with Crippen LogP contribution in [0.3, 0.4) is 0 Å². The van der Waals surface area contributed by atoms with Crippen molar-refractivity contribution in [3.8, 4) is 0 Å². The second-order valence-electron chi connectivity index (χ2n) is 5.64. The molecule has 0 aromatic heterocycles. The van der Waals surface area contributed by atoms with Gasteiger partial charge in [0.2, 0.25) is 0 Å². The van der Waals surface area contributed by atoms with Gasteiger partial charge in [0.1, 0.15) is 0 Å². The maximum absolute atomic E-state index is 12.2. The standard InChI is InChI=1S/C16H24BrNO/c1-12(2)11-18(13(3)4)10-9-16(19)14-7-5-6-8-15(14)17/h5-8,12-13H,9-11H2,1-4H3. The van der Waals surface area contributed by atoms with Gasteiger partial charge >= 0.3 is 0 Å². The first kappa shape index (κ1) is 16.4. The van der Waals surface area contributed by atoms with Crippen molar-refractivity contribution in [1.29, 1.82) is 0 Å². The summed E-state index contributed by atoms with van der Waals surface area (Å²) < 4.78 is 0.889. The van der Waals surface area contributed by atoms with Gasteiger partial charge in [-0.05, 0) is 25.8 Å². The average Bonchev–Trinajstić information content (AvgIpc) is 2.34. The molecule has 0 atom stereocenters. The molecule has 0 spiro atoms. The maximum atomic E-state index is 12.2. The summed E-state index contributed by atoms with van der Waals surface area (Å²) in [5.41, 5.74) is 0.788. The summed E-state index contributed by atoms with van der Waals surface area (Å²) in [6.45, 7) is 10.7. The van der Waals surface area contributed by atoms with Crippen molar-refractivity contribution in [2.45, 2.75) is 40.2 Å². The van der Waals surface area contributed by atoms with Crippen LogP contribution >= 0.6 is 15.9 Å². The molecule has 0 radical (unpaired) electrons. The Bertz CT molecular complexity index is 415. The molecule has 2 nitrogen and oxygen atoms in total. The molecule has 0 unspecified atom stereocenters.